The van der Waals surface area contributed by atoms with Crippen molar-refractivity contribution in [3.8, 4) is 0 Å². The Hall–Kier alpha value is -2.44. The van der Waals surface area contributed by atoms with E-state index < -0.39 is 0 Å². The molecule has 0 aliphatic carbocycles. The maximum absolute atomic E-state index is 11.7. The first-order valence-electron chi connectivity index (χ1n) is 6.01. The lowest BCUT2D eigenvalue weighted by Crippen LogP contribution is -2.26. The highest BCUT2D eigenvalue weighted by molar-refractivity contribution is 5.92. The number of anilines is 1. The Morgan fingerprint density at radius 3 is 2.95 bits per heavy atom. The van der Waals surface area contributed by atoms with Gasteiger partial charge in [0.1, 0.15) is 11.5 Å². The van der Waals surface area contributed by atoms with Crippen molar-refractivity contribution in [1.82, 2.24) is 25.5 Å². The topological polar surface area (TPSA) is 110 Å². The number of aromatic amines is 1. The zero-order chi connectivity index (χ0) is 13.7. The second-order valence-electron chi connectivity index (χ2n) is 4.21. The van der Waals surface area contributed by atoms with Gasteiger partial charge in [0.25, 0.3) is 5.91 Å². The van der Waals surface area contributed by atoms with Crippen molar-refractivity contribution in [3.05, 3.63) is 35.5 Å². The van der Waals surface area contributed by atoms with Gasteiger partial charge in [-0.1, -0.05) is 0 Å². The van der Waals surface area contributed by atoms with E-state index >= 15 is 0 Å². The molecule has 0 saturated carbocycles. The van der Waals surface area contributed by atoms with Crippen molar-refractivity contribution in [2.75, 3.05) is 12.3 Å². The Morgan fingerprint density at radius 1 is 1.42 bits per heavy atom. The number of nitrogens with two attached hydrogens (primary N) is 1. The van der Waals surface area contributed by atoms with Crippen molar-refractivity contribution >= 4 is 11.7 Å². The fraction of sp³-hybridized carbons (Fsp3) is 0.333. The van der Waals surface area contributed by atoms with Crippen LogP contribution in [0.25, 0.3) is 0 Å². The first-order valence-corrected chi connectivity index (χ1v) is 6.01. The highest BCUT2D eigenvalue weighted by Gasteiger charge is 2.07. The molecule has 4 N–H and O–H groups in total. The Kier molecular flexibility index (Phi) is 4.07. The summed E-state index contributed by atoms with van der Waals surface area (Å²) >= 11 is 0. The van der Waals surface area contributed by atoms with Gasteiger partial charge < -0.3 is 11.1 Å². The van der Waals surface area contributed by atoms with Gasteiger partial charge in [-0.2, -0.15) is 5.10 Å². The third-order valence-electron chi connectivity index (χ3n) is 2.73. The summed E-state index contributed by atoms with van der Waals surface area (Å²) in [6, 6.07) is 0. The molecule has 100 valence electrons. The molecule has 7 heteroatoms. The summed E-state index contributed by atoms with van der Waals surface area (Å²) in [5.74, 6) is -0.0228. The van der Waals surface area contributed by atoms with Crippen LogP contribution in [0.15, 0.2) is 18.6 Å². The van der Waals surface area contributed by atoms with E-state index in [9.17, 15) is 4.79 Å². The number of aryl methyl sites for hydroxylation is 2. The standard InChI is InChI=1S/C12H16N6O/c1-8-9(5-16-18-8)3-2-4-15-12(19)10-6-14-7-11(13)17-10/h5-7H,2-4H2,1H3,(H2,13,17)(H,15,19)(H,16,18). The van der Waals surface area contributed by atoms with E-state index in [0.29, 0.717) is 6.54 Å². The molecule has 19 heavy (non-hydrogen) atoms. The second kappa shape index (κ2) is 5.94. The van der Waals surface area contributed by atoms with Crippen molar-refractivity contribution in [2.24, 2.45) is 0 Å². The van der Waals surface area contributed by atoms with E-state index in [-0.39, 0.29) is 17.4 Å². The number of nitrogens with zero attached hydrogens (tertiary/aromatic N) is 3. The summed E-state index contributed by atoms with van der Waals surface area (Å²) in [5.41, 5.74) is 7.93. The summed E-state index contributed by atoms with van der Waals surface area (Å²) in [5, 5.41) is 9.61. The fourth-order valence-electron chi connectivity index (χ4n) is 1.69. The molecule has 1 amide bonds. The van der Waals surface area contributed by atoms with Crippen LogP contribution in [0.3, 0.4) is 0 Å². The minimum absolute atomic E-state index is 0.236. The van der Waals surface area contributed by atoms with Crippen LogP contribution < -0.4 is 11.1 Å². The number of hydrogen-bond acceptors (Lipinski definition) is 5. The molecule has 0 saturated heterocycles. The van der Waals surface area contributed by atoms with Gasteiger partial charge in [0.15, 0.2) is 0 Å². The largest absolute Gasteiger partial charge is 0.382 e. The van der Waals surface area contributed by atoms with E-state index in [2.05, 4.69) is 25.5 Å². The molecule has 0 fully saturated rings. The van der Waals surface area contributed by atoms with Crippen LogP contribution >= 0.6 is 0 Å². The minimum Gasteiger partial charge on any atom is -0.382 e. The molecule has 0 aromatic carbocycles. The molecule has 2 aromatic heterocycles. The normalized spacial score (nSPS) is 10.4. The maximum Gasteiger partial charge on any atom is 0.271 e. The van der Waals surface area contributed by atoms with Crippen LogP contribution in [0, 0.1) is 6.92 Å². The number of nitrogen functional groups attached to an aromatic ring is 1. The number of rotatable bonds is 5. The van der Waals surface area contributed by atoms with E-state index in [1.165, 1.54) is 12.4 Å². The summed E-state index contributed by atoms with van der Waals surface area (Å²) in [7, 11) is 0. The number of carbonyl (C=O) groups excluding carboxylic acids is 1. The lowest BCUT2D eigenvalue weighted by molar-refractivity contribution is 0.0948. The molecule has 7 nitrogen and oxygen atoms in total. The predicted molar refractivity (Wildman–Crippen MR) is 70.4 cm³/mol. The average molecular weight is 260 g/mol. The van der Waals surface area contributed by atoms with Crippen LogP contribution in [0.2, 0.25) is 0 Å². The lowest BCUT2D eigenvalue weighted by atomic mass is 10.1. The second-order valence-corrected chi connectivity index (χ2v) is 4.21. The van der Waals surface area contributed by atoms with Gasteiger partial charge in [0.2, 0.25) is 0 Å². The summed E-state index contributed by atoms with van der Waals surface area (Å²) in [4.78, 5) is 19.5. The third-order valence-corrected chi connectivity index (χ3v) is 2.73. The Bertz CT molecular complexity index is 565. The molecule has 0 spiro atoms. The van der Waals surface area contributed by atoms with E-state index in [4.69, 9.17) is 5.73 Å². The highest BCUT2D eigenvalue weighted by atomic mass is 16.1. The summed E-state index contributed by atoms with van der Waals surface area (Å²) < 4.78 is 0. The molecule has 2 rings (SSSR count). The maximum atomic E-state index is 11.7. The van der Waals surface area contributed by atoms with Crippen LogP contribution in [0.1, 0.15) is 28.2 Å². The average Bonchev–Trinajstić information content (AvgIpc) is 2.80. The predicted octanol–water partition coefficient (Wildman–Crippen LogP) is 0.453. The molecule has 2 aromatic rings. The quantitative estimate of drug-likeness (QED) is 0.676. The summed E-state index contributed by atoms with van der Waals surface area (Å²) in [6.07, 6.45) is 6.30. The smallest absolute Gasteiger partial charge is 0.271 e. The van der Waals surface area contributed by atoms with Crippen molar-refractivity contribution in [3.63, 3.8) is 0 Å². The van der Waals surface area contributed by atoms with Gasteiger partial charge >= 0.3 is 0 Å². The van der Waals surface area contributed by atoms with E-state index in [0.717, 1.165) is 24.1 Å². The number of aromatic nitrogens is 4. The van der Waals surface area contributed by atoms with Gasteiger partial charge in [-0.3, -0.25) is 14.9 Å². The molecular weight excluding hydrogens is 244 g/mol. The van der Waals surface area contributed by atoms with Crippen molar-refractivity contribution < 1.29 is 4.79 Å². The molecule has 0 radical (unpaired) electrons. The van der Waals surface area contributed by atoms with E-state index in [1.807, 2.05) is 6.92 Å². The molecule has 0 aliphatic heterocycles. The van der Waals surface area contributed by atoms with Crippen LogP contribution in [-0.2, 0) is 6.42 Å². The van der Waals surface area contributed by atoms with Gasteiger partial charge in [-0.05, 0) is 25.3 Å². The third kappa shape index (κ3) is 3.51. The van der Waals surface area contributed by atoms with Crippen molar-refractivity contribution in [2.45, 2.75) is 19.8 Å². The van der Waals surface area contributed by atoms with Gasteiger partial charge in [0, 0.05) is 12.2 Å². The molecule has 0 aliphatic rings. The van der Waals surface area contributed by atoms with Crippen LogP contribution in [-0.4, -0.2) is 32.6 Å². The number of H-pyrrole nitrogens is 1. The number of hydrogen-bond donors (Lipinski definition) is 3. The molecule has 0 unspecified atom stereocenters. The molecule has 0 bridgehead atoms. The van der Waals surface area contributed by atoms with Crippen LogP contribution in [0.5, 0.6) is 0 Å². The first kappa shape index (κ1) is 13.0. The number of amides is 1. The van der Waals surface area contributed by atoms with Crippen molar-refractivity contribution in [1.29, 1.82) is 0 Å². The first-order chi connectivity index (χ1) is 9.16. The zero-order valence-corrected chi connectivity index (χ0v) is 10.7. The number of carbonyl (C=O) groups is 1. The van der Waals surface area contributed by atoms with Gasteiger partial charge in [0.05, 0.1) is 18.6 Å². The molecular formula is C12H16N6O. The van der Waals surface area contributed by atoms with Gasteiger partial charge in [-0.25, -0.2) is 4.98 Å². The lowest BCUT2D eigenvalue weighted by Gasteiger charge is -2.04. The SMILES string of the molecule is Cc1[nH]ncc1CCCNC(=O)c1cncc(N)n1. The van der Waals surface area contributed by atoms with Gasteiger partial charge in [-0.15, -0.1) is 0 Å². The fourth-order valence-corrected chi connectivity index (χ4v) is 1.69. The number of nitrogens with one attached hydrogen (secondary N) is 2. The Balaban J connectivity index is 1.77. The van der Waals surface area contributed by atoms with Crippen LogP contribution in [0.4, 0.5) is 5.82 Å². The van der Waals surface area contributed by atoms with E-state index in [1.54, 1.807) is 6.20 Å². The highest BCUT2D eigenvalue weighted by Crippen LogP contribution is 2.05. The Morgan fingerprint density at radius 2 is 2.26 bits per heavy atom. The minimum atomic E-state index is -0.260. The Labute approximate surface area is 110 Å². The molecule has 0 atom stereocenters. The summed E-state index contributed by atoms with van der Waals surface area (Å²) in [6.45, 7) is 2.54. The molecule has 2 heterocycles. The monoisotopic (exact) mass is 260 g/mol. The zero-order valence-electron chi connectivity index (χ0n) is 10.7.